The molecular formula is C22H19N7O5S. The van der Waals surface area contributed by atoms with Crippen molar-refractivity contribution in [2.45, 2.75) is 11.4 Å². The fourth-order valence-electron chi connectivity index (χ4n) is 2.87. The number of amides is 2. The Morgan fingerprint density at radius 2 is 1.77 bits per heavy atom. The lowest BCUT2D eigenvalue weighted by Crippen LogP contribution is -2.40. The van der Waals surface area contributed by atoms with Gasteiger partial charge in [0.25, 0.3) is 11.8 Å². The summed E-state index contributed by atoms with van der Waals surface area (Å²) in [4.78, 5) is 24.3. The Morgan fingerprint density at radius 3 is 2.43 bits per heavy atom. The number of tetrazole rings is 1. The highest BCUT2D eigenvalue weighted by Crippen LogP contribution is 2.13. The van der Waals surface area contributed by atoms with Crippen LogP contribution < -0.4 is 15.6 Å². The second-order valence-electron chi connectivity index (χ2n) is 7.05. The van der Waals surface area contributed by atoms with Gasteiger partial charge in [0.05, 0.1) is 23.4 Å². The number of aromatic nitrogens is 4. The van der Waals surface area contributed by atoms with Gasteiger partial charge < -0.3 is 4.42 Å². The monoisotopic (exact) mass is 493 g/mol. The maximum absolute atomic E-state index is 12.4. The quantitative estimate of drug-likeness (QED) is 0.244. The van der Waals surface area contributed by atoms with Gasteiger partial charge >= 0.3 is 0 Å². The Kier molecular flexibility index (Phi) is 7.09. The van der Waals surface area contributed by atoms with E-state index in [1.165, 1.54) is 41.6 Å². The molecular weight excluding hydrogens is 474 g/mol. The average molecular weight is 494 g/mol. The van der Waals surface area contributed by atoms with Crippen LogP contribution in [0.3, 0.4) is 0 Å². The van der Waals surface area contributed by atoms with Gasteiger partial charge in [0.15, 0.2) is 0 Å². The average Bonchev–Trinajstić information content (AvgIpc) is 3.60. The number of hydrogen-bond acceptors (Lipinski definition) is 8. The molecule has 3 N–H and O–H groups in total. The highest BCUT2D eigenvalue weighted by Gasteiger charge is 2.14. The molecule has 12 nitrogen and oxygen atoms in total. The molecule has 0 atom stereocenters. The number of nitrogens with zero attached hydrogens (tertiary/aromatic N) is 4. The highest BCUT2D eigenvalue weighted by molar-refractivity contribution is 7.89. The molecule has 178 valence electrons. The summed E-state index contributed by atoms with van der Waals surface area (Å²) in [5.74, 6) is -0.584. The Balaban J connectivity index is 1.27. The number of nitrogens with one attached hydrogen (secondary N) is 3. The van der Waals surface area contributed by atoms with E-state index in [2.05, 4.69) is 31.1 Å². The lowest BCUT2D eigenvalue weighted by atomic mass is 10.2. The summed E-state index contributed by atoms with van der Waals surface area (Å²) in [6.45, 7) is 0.0341. The molecule has 4 aromatic rings. The van der Waals surface area contributed by atoms with E-state index in [4.69, 9.17) is 4.42 Å². The summed E-state index contributed by atoms with van der Waals surface area (Å²) in [6.07, 6.45) is 5.57. The predicted molar refractivity (Wildman–Crippen MR) is 123 cm³/mol. The zero-order chi connectivity index (χ0) is 24.7. The smallest absolute Gasteiger partial charge is 0.269 e. The Labute approximate surface area is 199 Å². The first-order chi connectivity index (χ1) is 16.9. The summed E-state index contributed by atoms with van der Waals surface area (Å²) in [6, 6.07) is 15.7. The second-order valence-corrected chi connectivity index (χ2v) is 8.82. The highest BCUT2D eigenvalue weighted by atomic mass is 32.2. The van der Waals surface area contributed by atoms with Crippen molar-refractivity contribution in [2.75, 3.05) is 0 Å². The molecule has 0 saturated carbocycles. The number of carbonyl (C=O) groups is 2. The zero-order valence-corrected chi connectivity index (χ0v) is 18.8. The number of carbonyl (C=O) groups excluding carboxylic acids is 2. The summed E-state index contributed by atoms with van der Waals surface area (Å²) in [5, 5.41) is 10.8. The fraction of sp³-hybridized carbons (Fsp3) is 0.0455. The molecule has 0 bridgehead atoms. The Hall–Kier alpha value is -4.62. The van der Waals surface area contributed by atoms with E-state index in [9.17, 15) is 18.0 Å². The first-order valence-electron chi connectivity index (χ1n) is 10.1. The maximum atomic E-state index is 12.4. The molecule has 2 amide bonds. The van der Waals surface area contributed by atoms with Crippen LogP contribution in [0.2, 0.25) is 0 Å². The lowest BCUT2D eigenvalue weighted by Gasteiger charge is -2.06. The second kappa shape index (κ2) is 10.5. The van der Waals surface area contributed by atoms with Crippen LogP contribution in [0.15, 0.2) is 88.6 Å². The van der Waals surface area contributed by atoms with Crippen molar-refractivity contribution in [2.24, 2.45) is 0 Å². The van der Waals surface area contributed by atoms with Crippen molar-refractivity contribution in [3.8, 4) is 5.69 Å². The Bertz CT molecular complexity index is 1410. The SMILES string of the molecule is O=C(/C=C/c1ccc(S(=O)(=O)NCc2ccco2)cc1)NNC(=O)c1ccc(-n2cnnn2)cc1. The molecule has 2 heterocycles. The third-order valence-corrected chi connectivity index (χ3v) is 6.09. The molecule has 2 aromatic carbocycles. The zero-order valence-electron chi connectivity index (χ0n) is 18.0. The fourth-order valence-corrected chi connectivity index (χ4v) is 3.86. The molecule has 2 aromatic heterocycles. The van der Waals surface area contributed by atoms with Crippen molar-refractivity contribution in [3.05, 3.63) is 96.2 Å². The minimum absolute atomic E-state index is 0.0341. The van der Waals surface area contributed by atoms with Crippen LogP contribution in [0.4, 0.5) is 0 Å². The molecule has 0 unspecified atom stereocenters. The maximum Gasteiger partial charge on any atom is 0.269 e. The van der Waals surface area contributed by atoms with Crippen molar-refractivity contribution in [1.82, 2.24) is 35.8 Å². The molecule has 0 spiro atoms. The number of benzene rings is 2. The third kappa shape index (κ3) is 6.25. The molecule has 0 aliphatic heterocycles. The molecule has 0 saturated heterocycles. The minimum atomic E-state index is -3.72. The molecule has 0 aliphatic rings. The topological polar surface area (TPSA) is 161 Å². The summed E-state index contributed by atoms with van der Waals surface area (Å²) >= 11 is 0. The molecule has 13 heteroatoms. The number of rotatable bonds is 8. The van der Waals surface area contributed by atoms with E-state index >= 15 is 0 Å². The number of hydrogen-bond donors (Lipinski definition) is 3. The predicted octanol–water partition coefficient (Wildman–Crippen LogP) is 1.21. The first-order valence-corrected chi connectivity index (χ1v) is 11.6. The van der Waals surface area contributed by atoms with Gasteiger partial charge in [-0.1, -0.05) is 12.1 Å². The third-order valence-electron chi connectivity index (χ3n) is 4.68. The summed E-state index contributed by atoms with van der Waals surface area (Å²) < 4.78 is 33.7. The van der Waals surface area contributed by atoms with Crippen LogP contribution in [0, 0.1) is 0 Å². The van der Waals surface area contributed by atoms with Gasteiger partial charge in [0, 0.05) is 11.6 Å². The van der Waals surface area contributed by atoms with E-state index in [1.54, 1.807) is 48.5 Å². The summed E-state index contributed by atoms with van der Waals surface area (Å²) in [7, 11) is -3.72. The molecule has 4 rings (SSSR count). The van der Waals surface area contributed by atoms with E-state index < -0.39 is 21.8 Å². The number of furan rings is 1. The van der Waals surface area contributed by atoms with Gasteiger partial charge in [-0.05, 0) is 70.6 Å². The number of sulfonamides is 1. The van der Waals surface area contributed by atoms with Crippen LogP contribution in [0.5, 0.6) is 0 Å². The van der Waals surface area contributed by atoms with Crippen molar-refractivity contribution < 1.29 is 22.4 Å². The number of hydrazine groups is 1. The van der Waals surface area contributed by atoms with Crippen LogP contribution >= 0.6 is 0 Å². The van der Waals surface area contributed by atoms with Crippen LogP contribution in [0.1, 0.15) is 21.7 Å². The van der Waals surface area contributed by atoms with Crippen LogP contribution in [-0.4, -0.2) is 40.4 Å². The van der Waals surface area contributed by atoms with Gasteiger partial charge in [-0.25, -0.2) is 17.8 Å². The van der Waals surface area contributed by atoms with E-state index in [0.717, 1.165) is 0 Å². The van der Waals surface area contributed by atoms with E-state index in [-0.39, 0.29) is 11.4 Å². The van der Waals surface area contributed by atoms with Gasteiger partial charge in [-0.2, -0.15) is 0 Å². The molecule has 35 heavy (non-hydrogen) atoms. The Morgan fingerprint density at radius 1 is 1.00 bits per heavy atom. The molecule has 0 aliphatic carbocycles. The normalized spacial score (nSPS) is 11.4. The largest absolute Gasteiger partial charge is 0.468 e. The van der Waals surface area contributed by atoms with Crippen LogP contribution in [0.25, 0.3) is 11.8 Å². The van der Waals surface area contributed by atoms with Gasteiger partial charge in [-0.3, -0.25) is 20.4 Å². The van der Waals surface area contributed by atoms with Crippen molar-refractivity contribution in [3.63, 3.8) is 0 Å². The van der Waals surface area contributed by atoms with Gasteiger partial charge in [0.2, 0.25) is 10.0 Å². The summed E-state index contributed by atoms with van der Waals surface area (Å²) in [5.41, 5.74) is 6.18. The van der Waals surface area contributed by atoms with Crippen molar-refractivity contribution in [1.29, 1.82) is 0 Å². The lowest BCUT2D eigenvalue weighted by molar-refractivity contribution is -0.117. The van der Waals surface area contributed by atoms with Crippen LogP contribution in [-0.2, 0) is 21.4 Å². The van der Waals surface area contributed by atoms with E-state index in [0.29, 0.717) is 22.6 Å². The first kappa shape index (κ1) is 23.5. The van der Waals surface area contributed by atoms with Crippen molar-refractivity contribution >= 4 is 27.9 Å². The standard InChI is InChI=1S/C22H19N7O5S/c30-21(25-26-22(31)17-6-8-18(9-7-17)29-15-23-27-28-29)12-5-16-3-10-20(11-4-16)35(32,33)24-14-19-2-1-13-34-19/h1-13,15,24H,14H2,(H,25,30)(H,26,31)/b12-5+. The minimum Gasteiger partial charge on any atom is -0.468 e. The molecule has 0 fully saturated rings. The van der Waals surface area contributed by atoms with Gasteiger partial charge in [0.1, 0.15) is 12.1 Å². The van der Waals surface area contributed by atoms with Gasteiger partial charge in [-0.15, -0.1) is 5.10 Å². The molecule has 0 radical (unpaired) electrons. The van der Waals surface area contributed by atoms with E-state index in [1.807, 2.05) is 0 Å².